The van der Waals surface area contributed by atoms with E-state index in [-0.39, 0.29) is 0 Å². The Morgan fingerprint density at radius 3 is 1.47 bits per heavy atom. The average molecular weight is 654 g/mol. The number of hydrogen-bond acceptors (Lipinski definition) is 3. The zero-order valence-corrected chi connectivity index (χ0v) is 28.4. The molecular formula is C48H35N3. The fourth-order valence-electron chi connectivity index (χ4n) is 7.37. The van der Waals surface area contributed by atoms with Gasteiger partial charge in [-0.05, 0) is 72.6 Å². The highest BCUT2D eigenvalue weighted by Gasteiger charge is 2.16. The van der Waals surface area contributed by atoms with E-state index in [1.54, 1.807) is 0 Å². The van der Waals surface area contributed by atoms with Gasteiger partial charge in [0.1, 0.15) is 0 Å². The molecule has 0 N–H and O–H groups in total. The van der Waals surface area contributed by atoms with Crippen LogP contribution in [0.15, 0.2) is 170 Å². The first-order chi connectivity index (χ1) is 25.2. The normalized spacial score (nSPS) is 11.4. The zero-order valence-electron chi connectivity index (χ0n) is 28.4. The first-order valence-corrected chi connectivity index (χ1v) is 17.7. The maximum absolute atomic E-state index is 4.96. The lowest BCUT2D eigenvalue weighted by Crippen LogP contribution is -2.00. The summed E-state index contributed by atoms with van der Waals surface area (Å²) in [6.07, 6.45) is 2.10. The topological polar surface area (TPSA) is 38.7 Å². The van der Waals surface area contributed by atoms with Gasteiger partial charge in [-0.25, -0.2) is 15.0 Å². The lowest BCUT2D eigenvalue weighted by atomic mass is 9.87. The number of aromatic nitrogens is 3. The van der Waals surface area contributed by atoms with E-state index in [1.807, 2.05) is 60.7 Å². The monoisotopic (exact) mass is 653 g/mol. The minimum Gasteiger partial charge on any atom is -0.208 e. The van der Waals surface area contributed by atoms with Crippen LogP contribution in [0.3, 0.4) is 0 Å². The van der Waals surface area contributed by atoms with Crippen LogP contribution in [0.1, 0.15) is 18.9 Å². The molecule has 0 bridgehead atoms. The van der Waals surface area contributed by atoms with Crippen LogP contribution in [0.4, 0.5) is 0 Å². The van der Waals surface area contributed by atoms with Gasteiger partial charge in [0.05, 0.1) is 0 Å². The van der Waals surface area contributed by atoms with Crippen molar-refractivity contribution in [1.29, 1.82) is 0 Å². The van der Waals surface area contributed by atoms with Gasteiger partial charge >= 0.3 is 0 Å². The Balaban J connectivity index is 1.21. The van der Waals surface area contributed by atoms with E-state index in [0.29, 0.717) is 17.5 Å². The molecule has 1 aromatic heterocycles. The van der Waals surface area contributed by atoms with Gasteiger partial charge in [0, 0.05) is 16.7 Å². The molecule has 0 aliphatic carbocycles. The SMILES string of the molecule is CCCc1cc(-c2ccc(-c3nc(-c4ccccc4)nc(-c4ccccc4)n3)cc2)c2ccc3c(-c4ccccc4)c4ccccc4cc3c2c1. The van der Waals surface area contributed by atoms with Gasteiger partial charge in [-0.3, -0.25) is 0 Å². The average Bonchev–Trinajstić information content (AvgIpc) is 3.20. The molecule has 0 radical (unpaired) electrons. The fourth-order valence-corrected chi connectivity index (χ4v) is 7.37. The van der Waals surface area contributed by atoms with Gasteiger partial charge in [0.15, 0.2) is 17.5 Å². The van der Waals surface area contributed by atoms with E-state index in [1.165, 1.54) is 60.1 Å². The molecule has 0 atom stereocenters. The first-order valence-electron chi connectivity index (χ1n) is 17.7. The van der Waals surface area contributed by atoms with Crippen LogP contribution < -0.4 is 0 Å². The van der Waals surface area contributed by atoms with Gasteiger partial charge < -0.3 is 0 Å². The van der Waals surface area contributed by atoms with Crippen molar-refractivity contribution in [3.8, 4) is 56.4 Å². The summed E-state index contributed by atoms with van der Waals surface area (Å²) in [6.45, 7) is 2.25. The Morgan fingerprint density at radius 1 is 0.373 bits per heavy atom. The molecule has 8 aromatic carbocycles. The van der Waals surface area contributed by atoms with Gasteiger partial charge in [0.2, 0.25) is 0 Å². The number of rotatable bonds is 7. The molecule has 0 aliphatic rings. The second kappa shape index (κ2) is 13.1. The van der Waals surface area contributed by atoms with E-state index in [0.717, 1.165) is 29.5 Å². The van der Waals surface area contributed by atoms with Gasteiger partial charge in [-0.2, -0.15) is 0 Å². The van der Waals surface area contributed by atoms with Crippen molar-refractivity contribution in [2.75, 3.05) is 0 Å². The number of nitrogens with zero attached hydrogens (tertiary/aromatic N) is 3. The third-order valence-electron chi connectivity index (χ3n) is 9.79. The van der Waals surface area contributed by atoms with Crippen LogP contribution in [0.5, 0.6) is 0 Å². The number of aryl methyl sites for hydroxylation is 1. The summed E-state index contributed by atoms with van der Waals surface area (Å²) < 4.78 is 0. The lowest BCUT2D eigenvalue weighted by Gasteiger charge is -2.17. The molecule has 3 heteroatoms. The van der Waals surface area contributed by atoms with Crippen LogP contribution in [0.2, 0.25) is 0 Å². The predicted molar refractivity (Wildman–Crippen MR) is 214 cm³/mol. The Kier molecular flexibility index (Phi) is 7.87. The highest BCUT2D eigenvalue weighted by molar-refractivity contribution is 6.21. The minimum atomic E-state index is 0.658. The molecule has 242 valence electrons. The molecular weight excluding hydrogens is 619 g/mol. The second-order valence-electron chi connectivity index (χ2n) is 13.1. The lowest BCUT2D eigenvalue weighted by molar-refractivity contribution is 0.924. The third-order valence-corrected chi connectivity index (χ3v) is 9.79. The molecule has 0 amide bonds. The number of hydrogen-bond donors (Lipinski definition) is 0. The second-order valence-corrected chi connectivity index (χ2v) is 13.1. The Bertz CT molecular complexity index is 2610. The van der Waals surface area contributed by atoms with Crippen molar-refractivity contribution in [1.82, 2.24) is 15.0 Å². The maximum Gasteiger partial charge on any atom is 0.164 e. The summed E-state index contributed by atoms with van der Waals surface area (Å²) >= 11 is 0. The van der Waals surface area contributed by atoms with E-state index in [2.05, 4.69) is 116 Å². The zero-order chi connectivity index (χ0) is 34.1. The highest BCUT2D eigenvalue weighted by atomic mass is 15.0. The minimum absolute atomic E-state index is 0.658. The third kappa shape index (κ3) is 5.73. The number of fused-ring (bicyclic) bond motifs is 4. The van der Waals surface area contributed by atoms with Crippen LogP contribution in [-0.4, -0.2) is 15.0 Å². The van der Waals surface area contributed by atoms with Crippen molar-refractivity contribution in [2.24, 2.45) is 0 Å². The molecule has 3 nitrogen and oxygen atoms in total. The largest absolute Gasteiger partial charge is 0.208 e. The molecule has 51 heavy (non-hydrogen) atoms. The summed E-state index contributed by atoms with van der Waals surface area (Å²) in [4.78, 5) is 14.8. The Labute approximate surface area is 298 Å². The molecule has 0 fully saturated rings. The molecule has 0 unspecified atom stereocenters. The summed E-state index contributed by atoms with van der Waals surface area (Å²) in [7, 11) is 0. The maximum atomic E-state index is 4.96. The smallest absolute Gasteiger partial charge is 0.164 e. The van der Waals surface area contributed by atoms with Crippen molar-refractivity contribution in [3.63, 3.8) is 0 Å². The van der Waals surface area contributed by atoms with Crippen LogP contribution in [-0.2, 0) is 6.42 Å². The van der Waals surface area contributed by atoms with Gasteiger partial charge in [-0.15, -0.1) is 0 Å². The van der Waals surface area contributed by atoms with Crippen molar-refractivity contribution in [3.05, 3.63) is 175 Å². The van der Waals surface area contributed by atoms with E-state index < -0.39 is 0 Å². The van der Waals surface area contributed by atoms with Crippen molar-refractivity contribution < 1.29 is 0 Å². The molecule has 0 saturated heterocycles. The molecule has 1 heterocycles. The predicted octanol–water partition coefficient (Wildman–Crippen LogP) is 12.6. The Morgan fingerprint density at radius 2 is 0.863 bits per heavy atom. The van der Waals surface area contributed by atoms with Gasteiger partial charge in [-0.1, -0.05) is 177 Å². The van der Waals surface area contributed by atoms with Gasteiger partial charge in [0.25, 0.3) is 0 Å². The summed E-state index contributed by atoms with van der Waals surface area (Å²) in [5, 5.41) is 7.64. The van der Waals surface area contributed by atoms with Crippen molar-refractivity contribution in [2.45, 2.75) is 19.8 Å². The summed E-state index contributed by atoms with van der Waals surface area (Å²) in [5.74, 6) is 1.98. The summed E-state index contributed by atoms with van der Waals surface area (Å²) in [5.41, 5.74) is 9.17. The molecule has 0 aliphatic heterocycles. The van der Waals surface area contributed by atoms with Crippen LogP contribution >= 0.6 is 0 Å². The van der Waals surface area contributed by atoms with Crippen LogP contribution in [0.25, 0.3) is 88.7 Å². The van der Waals surface area contributed by atoms with E-state index in [9.17, 15) is 0 Å². The molecule has 9 rings (SSSR count). The highest BCUT2D eigenvalue weighted by Crippen LogP contribution is 2.42. The first kappa shape index (κ1) is 30.6. The van der Waals surface area contributed by atoms with Crippen LogP contribution in [0, 0.1) is 0 Å². The number of benzene rings is 8. The van der Waals surface area contributed by atoms with E-state index >= 15 is 0 Å². The quantitative estimate of drug-likeness (QED) is 0.127. The summed E-state index contributed by atoms with van der Waals surface area (Å²) in [6, 6.07) is 60.4. The molecule has 0 saturated carbocycles. The Hall–Kier alpha value is -6.45. The standard InChI is InChI=1S/C48H35N3/c1-2-14-32-29-42(40-27-28-41-44(43(40)30-32)31-38-21-12-13-22-39(38)45(41)34-15-6-3-7-16-34)33-23-25-37(26-24-33)48-50-46(35-17-8-4-9-18-35)49-47(51-48)36-19-10-5-11-20-36/h3-13,15-31H,2,14H2,1H3. The van der Waals surface area contributed by atoms with E-state index in [4.69, 9.17) is 15.0 Å². The van der Waals surface area contributed by atoms with Crippen molar-refractivity contribution >= 4 is 32.3 Å². The fraction of sp³-hybridized carbons (Fsp3) is 0.0625. The molecule has 0 spiro atoms. The molecule has 9 aromatic rings.